The van der Waals surface area contributed by atoms with Gasteiger partial charge in [0.1, 0.15) is 0 Å². The molecule has 2 heterocycles. The van der Waals surface area contributed by atoms with Crippen LogP contribution in [0, 0.1) is 12.8 Å². The standard InChI is InChI=1S/C26H29ClN4O3S/c1-19-14-24(30-26(32)22-8-5-9-23(27)15-22)25(28-16-19)31-12-10-20(11-13-31)17-29-35(33,34)18-21-6-3-2-4-7-21/h2-9,14-16,20,29H,10-13,17-18H2,1H3,(H,30,32). The van der Waals surface area contributed by atoms with E-state index in [9.17, 15) is 13.2 Å². The molecular formula is C26H29ClN4O3S. The second kappa shape index (κ2) is 11.2. The van der Waals surface area contributed by atoms with Crippen molar-refractivity contribution in [3.63, 3.8) is 0 Å². The minimum Gasteiger partial charge on any atom is -0.355 e. The first kappa shape index (κ1) is 25.2. The number of nitrogens with one attached hydrogen (secondary N) is 2. The van der Waals surface area contributed by atoms with Crippen molar-refractivity contribution in [2.24, 2.45) is 5.92 Å². The lowest BCUT2D eigenvalue weighted by Crippen LogP contribution is -2.39. The average Bonchev–Trinajstić information content (AvgIpc) is 2.84. The summed E-state index contributed by atoms with van der Waals surface area (Å²) in [4.78, 5) is 19.5. The van der Waals surface area contributed by atoms with Crippen molar-refractivity contribution in [3.05, 3.63) is 88.6 Å². The maximum absolute atomic E-state index is 12.8. The zero-order valence-corrected chi connectivity index (χ0v) is 21.1. The van der Waals surface area contributed by atoms with Crippen molar-refractivity contribution < 1.29 is 13.2 Å². The number of carbonyl (C=O) groups excluding carboxylic acids is 1. The Hall–Kier alpha value is -2.94. The molecule has 0 aliphatic carbocycles. The maximum Gasteiger partial charge on any atom is 0.255 e. The summed E-state index contributed by atoms with van der Waals surface area (Å²) >= 11 is 6.03. The third kappa shape index (κ3) is 7.04. The number of aromatic nitrogens is 1. The van der Waals surface area contributed by atoms with Gasteiger partial charge in [-0.3, -0.25) is 4.79 Å². The average molecular weight is 513 g/mol. The second-order valence-electron chi connectivity index (χ2n) is 8.87. The molecule has 0 unspecified atom stereocenters. The van der Waals surface area contributed by atoms with E-state index < -0.39 is 10.0 Å². The number of anilines is 2. The van der Waals surface area contributed by atoms with Gasteiger partial charge in [-0.05, 0) is 61.1 Å². The number of benzene rings is 2. The Morgan fingerprint density at radius 1 is 1.09 bits per heavy atom. The molecule has 7 nitrogen and oxygen atoms in total. The number of amides is 1. The van der Waals surface area contributed by atoms with Crippen molar-refractivity contribution in [2.75, 3.05) is 29.9 Å². The van der Waals surface area contributed by atoms with Crippen LogP contribution in [0.2, 0.25) is 5.02 Å². The highest BCUT2D eigenvalue weighted by molar-refractivity contribution is 7.88. The fraction of sp³-hybridized carbons (Fsp3) is 0.308. The monoisotopic (exact) mass is 512 g/mol. The minimum atomic E-state index is -3.39. The molecule has 0 atom stereocenters. The van der Waals surface area contributed by atoms with Crippen molar-refractivity contribution in [2.45, 2.75) is 25.5 Å². The normalized spacial score (nSPS) is 14.6. The van der Waals surface area contributed by atoms with Crippen LogP contribution in [-0.4, -0.2) is 38.9 Å². The lowest BCUT2D eigenvalue weighted by atomic mass is 9.97. The lowest BCUT2D eigenvalue weighted by molar-refractivity contribution is 0.102. The Labute approximate surface area is 211 Å². The molecule has 1 amide bonds. The first-order valence-electron chi connectivity index (χ1n) is 11.6. The summed E-state index contributed by atoms with van der Waals surface area (Å²) in [6.45, 7) is 3.80. The summed E-state index contributed by atoms with van der Waals surface area (Å²) in [6.07, 6.45) is 3.43. The highest BCUT2D eigenvalue weighted by Crippen LogP contribution is 2.29. The second-order valence-corrected chi connectivity index (χ2v) is 11.1. The number of sulfonamides is 1. The number of carbonyl (C=O) groups is 1. The van der Waals surface area contributed by atoms with Crippen LogP contribution in [0.25, 0.3) is 0 Å². The van der Waals surface area contributed by atoms with Gasteiger partial charge in [0.25, 0.3) is 5.91 Å². The SMILES string of the molecule is Cc1cnc(N2CCC(CNS(=O)(=O)Cc3ccccc3)CC2)c(NC(=O)c2cccc(Cl)c2)c1. The largest absolute Gasteiger partial charge is 0.355 e. The highest BCUT2D eigenvalue weighted by Gasteiger charge is 2.24. The number of piperidine rings is 1. The Morgan fingerprint density at radius 2 is 1.83 bits per heavy atom. The zero-order chi connectivity index (χ0) is 24.8. The molecule has 184 valence electrons. The van der Waals surface area contributed by atoms with E-state index in [1.54, 1.807) is 30.5 Å². The summed E-state index contributed by atoms with van der Waals surface area (Å²) < 4.78 is 27.7. The van der Waals surface area contributed by atoms with E-state index in [2.05, 4.69) is 19.9 Å². The Morgan fingerprint density at radius 3 is 2.54 bits per heavy atom. The number of pyridine rings is 1. The molecule has 2 aromatic carbocycles. The first-order valence-corrected chi connectivity index (χ1v) is 13.6. The van der Waals surface area contributed by atoms with Gasteiger partial charge in [0.2, 0.25) is 10.0 Å². The van der Waals surface area contributed by atoms with Crippen LogP contribution in [0.5, 0.6) is 0 Å². The highest BCUT2D eigenvalue weighted by atomic mass is 35.5. The zero-order valence-electron chi connectivity index (χ0n) is 19.6. The van der Waals surface area contributed by atoms with Gasteiger partial charge in [0.05, 0.1) is 11.4 Å². The predicted molar refractivity (Wildman–Crippen MR) is 140 cm³/mol. The van der Waals surface area contributed by atoms with Crippen LogP contribution in [0.4, 0.5) is 11.5 Å². The van der Waals surface area contributed by atoms with E-state index in [1.165, 1.54) is 0 Å². The Kier molecular flexibility index (Phi) is 8.05. The summed E-state index contributed by atoms with van der Waals surface area (Å²) in [7, 11) is -3.39. The van der Waals surface area contributed by atoms with Gasteiger partial charge < -0.3 is 10.2 Å². The van der Waals surface area contributed by atoms with Crippen LogP contribution < -0.4 is 14.9 Å². The molecule has 1 aliphatic rings. The van der Waals surface area contributed by atoms with Crippen molar-refractivity contribution in [3.8, 4) is 0 Å². The molecule has 1 fully saturated rings. The van der Waals surface area contributed by atoms with Gasteiger partial charge in [0, 0.05) is 36.4 Å². The molecule has 9 heteroatoms. The molecule has 0 bridgehead atoms. The number of hydrogen-bond donors (Lipinski definition) is 2. The number of nitrogens with zero attached hydrogens (tertiary/aromatic N) is 2. The summed E-state index contributed by atoms with van der Waals surface area (Å²) in [5.74, 6) is 0.694. The number of halogens is 1. The van der Waals surface area contributed by atoms with Crippen LogP contribution in [-0.2, 0) is 15.8 Å². The smallest absolute Gasteiger partial charge is 0.255 e. The third-order valence-electron chi connectivity index (χ3n) is 6.04. The molecular weight excluding hydrogens is 484 g/mol. The van der Waals surface area contributed by atoms with Gasteiger partial charge in [-0.2, -0.15) is 0 Å². The quantitative estimate of drug-likeness (QED) is 0.459. The van der Waals surface area contributed by atoms with E-state index in [4.69, 9.17) is 11.6 Å². The number of hydrogen-bond acceptors (Lipinski definition) is 5. The molecule has 1 aromatic heterocycles. The molecule has 3 aromatic rings. The Balaban J connectivity index is 1.35. The van der Waals surface area contributed by atoms with E-state index in [1.807, 2.05) is 43.3 Å². The fourth-order valence-electron chi connectivity index (χ4n) is 4.17. The summed E-state index contributed by atoms with van der Waals surface area (Å²) in [5.41, 5.74) is 2.84. The van der Waals surface area contributed by atoms with Crippen LogP contribution in [0.3, 0.4) is 0 Å². The molecule has 0 radical (unpaired) electrons. The Bertz CT molecular complexity index is 1280. The molecule has 4 rings (SSSR count). The third-order valence-corrected chi connectivity index (χ3v) is 7.60. The van der Waals surface area contributed by atoms with Gasteiger partial charge in [0.15, 0.2) is 5.82 Å². The van der Waals surface area contributed by atoms with E-state index >= 15 is 0 Å². The van der Waals surface area contributed by atoms with Gasteiger partial charge >= 0.3 is 0 Å². The predicted octanol–water partition coefficient (Wildman–Crippen LogP) is 4.63. The summed E-state index contributed by atoms with van der Waals surface area (Å²) in [5, 5.41) is 3.48. The van der Waals surface area contributed by atoms with Crippen molar-refractivity contribution in [1.82, 2.24) is 9.71 Å². The minimum absolute atomic E-state index is 0.0182. The molecule has 2 N–H and O–H groups in total. The first-order chi connectivity index (χ1) is 16.8. The topological polar surface area (TPSA) is 91.4 Å². The lowest BCUT2D eigenvalue weighted by Gasteiger charge is -2.34. The van der Waals surface area contributed by atoms with Gasteiger partial charge in [-0.25, -0.2) is 18.1 Å². The van der Waals surface area contributed by atoms with E-state index in [-0.39, 0.29) is 17.6 Å². The fourth-order valence-corrected chi connectivity index (χ4v) is 5.58. The van der Waals surface area contributed by atoms with E-state index in [0.29, 0.717) is 28.6 Å². The maximum atomic E-state index is 12.8. The van der Waals surface area contributed by atoms with Crippen molar-refractivity contribution >= 4 is 39.0 Å². The molecule has 35 heavy (non-hydrogen) atoms. The van der Waals surface area contributed by atoms with Gasteiger partial charge in [-0.1, -0.05) is 48.0 Å². The molecule has 0 spiro atoms. The molecule has 0 saturated carbocycles. The van der Waals surface area contributed by atoms with Crippen LogP contribution >= 0.6 is 11.6 Å². The van der Waals surface area contributed by atoms with Crippen molar-refractivity contribution in [1.29, 1.82) is 0 Å². The van der Waals surface area contributed by atoms with Crippen LogP contribution in [0.1, 0.15) is 34.3 Å². The summed E-state index contributed by atoms with van der Waals surface area (Å²) in [6, 6.07) is 17.9. The van der Waals surface area contributed by atoms with Gasteiger partial charge in [-0.15, -0.1) is 0 Å². The number of rotatable bonds is 8. The molecule has 1 saturated heterocycles. The van der Waals surface area contributed by atoms with E-state index in [0.717, 1.165) is 37.1 Å². The van der Waals surface area contributed by atoms with Crippen LogP contribution in [0.15, 0.2) is 66.9 Å². The molecule has 1 aliphatic heterocycles. The number of aryl methyl sites for hydroxylation is 1.